The lowest BCUT2D eigenvalue weighted by Gasteiger charge is -2.14. The van der Waals surface area contributed by atoms with Gasteiger partial charge in [0.1, 0.15) is 12.4 Å². The number of halogens is 2. The predicted octanol–water partition coefficient (Wildman–Crippen LogP) is 3.43. The van der Waals surface area contributed by atoms with Crippen molar-refractivity contribution in [3.05, 3.63) is 65.2 Å². The van der Waals surface area contributed by atoms with Gasteiger partial charge in [-0.15, -0.1) is 0 Å². The summed E-state index contributed by atoms with van der Waals surface area (Å²) >= 11 is 0. The molecule has 0 saturated heterocycles. The van der Waals surface area contributed by atoms with E-state index >= 15 is 0 Å². The summed E-state index contributed by atoms with van der Waals surface area (Å²) in [5.74, 6) is -0.580. The lowest BCUT2D eigenvalue weighted by Crippen LogP contribution is -2.18. The third-order valence-electron chi connectivity index (χ3n) is 2.86. The van der Waals surface area contributed by atoms with Gasteiger partial charge in [-0.3, -0.25) is 0 Å². The van der Waals surface area contributed by atoms with Gasteiger partial charge < -0.3 is 10.5 Å². The van der Waals surface area contributed by atoms with E-state index in [4.69, 9.17) is 10.5 Å². The maximum atomic E-state index is 13.8. The van der Waals surface area contributed by atoms with Gasteiger partial charge in [0.05, 0.1) is 0 Å². The van der Waals surface area contributed by atoms with E-state index < -0.39 is 5.82 Å². The first kappa shape index (κ1) is 14.5. The molecule has 0 aliphatic heterocycles. The summed E-state index contributed by atoms with van der Waals surface area (Å²) in [4.78, 5) is 0. The zero-order valence-electron chi connectivity index (χ0n) is 11.3. The Hall–Kier alpha value is -1.94. The maximum Gasteiger partial charge on any atom is 0.165 e. The highest BCUT2D eigenvalue weighted by atomic mass is 19.1. The van der Waals surface area contributed by atoms with Crippen molar-refractivity contribution in [1.82, 2.24) is 0 Å². The summed E-state index contributed by atoms with van der Waals surface area (Å²) in [7, 11) is 0. The van der Waals surface area contributed by atoms with Crippen LogP contribution in [0.15, 0.2) is 42.5 Å². The van der Waals surface area contributed by atoms with Gasteiger partial charge in [0.2, 0.25) is 0 Å². The van der Waals surface area contributed by atoms with E-state index in [0.29, 0.717) is 12.0 Å². The Bertz CT molecular complexity index is 584. The fourth-order valence-electron chi connectivity index (χ4n) is 2.01. The molecular weight excluding hydrogens is 260 g/mol. The molecule has 0 aromatic heterocycles. The zero-order valence-corrected chi connectivity index (χ0v) is 11.3. The molecule has 2 aromatic carbocycles. The second kappa shape index (κ2) is 6.48. The van der Waals surface area contributed by atoms with Crippen LogP contribution in [0, 0.1) is 11.6 Å². The first-order valence-corrected chi connectivity index (χ1v) is 6.46. The molecule has 2 rings (SSSR count). The first-order valence-electron chi connectivity index (χ1n) is 6.46. The SMILES string of the molecule is CC(N)Cc1cccc(F)c1OCc1cccc(F)c1. The Morgan fingerprint density at radius 1 is 1.15 bits per heavy atom. The minimum Gasteiger partial charge on any atom is -0.486 e. The van der Waals surface area contributed by atoms with E-state index in [0.717, 1.165) is 5.56 Å². The molecule has 1 atom stereocenters. The van der Waals surface area contributed by atoms with Crippen LogP contribution < -0.4 is 10.5 Å². The van der Waals surface area contributed by atoms with Crippen molar-refractivity contribution in [2.75, 3.05) is 0 Å². The minimum absolute atomic E-state index is 0.0895. The van der Waals surface area contributed by atoms with Gasteiger partial charge in [-0.2, -0.15) is 0 Å². The van der Waals surface area contributed by atoms with E-state index in [1.54, 1.807) is 24.3 Å². The summed E-state index contributed by atoms with van der Waals surface area (Å²) in [6.45, 7) is 1.96. The minimum atomic E-state index is -0.431. The highest BCUT2D eigenvalue weighted by molar-refractivity contribution is 5.36. The van der Waals surface area contributed by atoms with Crippen molar-refractivity contribution in [3.8, 4) is 5.75 Å². The van der Waals surface area contributed by atoms with Crippen molar-refractivity contribution < 1.29 is 13.5 Å². The molecule has 106 valence electrons. The number of ether oxygens (including phenoxy) is 1. The molecular formula is C16H17F2NO. The predicted molar refractivity (Wildman–Crippen MR) is 74.5 cm³/mol. The normalized spacial score (nSPS) is 12.2. The summed E-state index contributed by atoms with van der Waals surface area (Å²) < 4.78 is 32.4. The average Bonchev–Trinajstić information content (AvgIpc) is 2.37. The zero-order chi connectivity index (χ0) is 14.5. The maximum absolute atomic E-state index is 13.8. The average molecular weight is 277 g/mol. The van der Waals surface area contributed by atoms with Gasteiger partial charge in [0.25, 0.3) is 0 Å². The molecule has 4 heteroatoms. The smallest absolute Gasteiger partial charge is 0.165 e. The lowest BCUT2D eigenvalue weighted by atomic mass is 10.1. The summed E-state index contributed by atoms with van der Waals surface area (Å²) in [5.41, 5.74) is 7.11. The quantitative estimate of drug-likeness (QED) is 0.908. The highest BCUT2D eigenvalue weighted by Crippen LogP contribution is 2.25. The lowest BCUT2D eigenvalue weighted by molar-refractivity contribution is 0.286. The largest absolute Gasteiger partial charge is 0.486 e. The molecule has 0 fully saturated rings. The number of rotatable bonds is 5. The third kappa shape index (κ3) is 3.78. The van der Waals surface area contributed by atoms with Crippen LogP contribution in [0.3, 0.4) is 0 Å². The van der Waals surface area contributed by atoms with Crippen LogP contribution in [0.5, 0.6) is 5.75 Å². The number of para-hydroxylation sites is 1. The Kier molecular flexibility index (Phi) is 4.69. The highest BCUT2D eigenvalue weighted by Gasteiger charge is 2.11. The molecule has 0 saturated carbocycles. The van der Waals surface area contributed by atoms with Gasteiger partial charge in [0.15, 0.2) is 11.6 Å². The summed E-state index contributed by atoms with van der Waals surface area (Å²) in [5, 5.41) is 0. The van der Waals surface area contributed by atoms with Crippen LogP contribution in [0.25, 0.3) is 0 Å². The van der Waals surface area contributed by atoms with Gasteiger partial charge in [0, 0.05) is 6.04 Å². The molecule has 0 aliphatic rings. The van der Waals surface area contributed by atoms with Crippen molar-refractivity contribution >= 4 is 0 Å². The van der Waals surface area contributed by atoms with Crippen LogP contribution in [0.2, 0.25) is 0 Å². The van der Waals surface area contributed by atoms with Crippen LogP contribution in [0.1, 0.15) is 18.1 Å². The molecule has 0 aliphatic carbocycles. The van der Waals surface area contributed by atoms with Crippen molar-refractivity contribution in [2.45, 2.75) is 26.0 Å². The fourth-order valence-corrected chi connectivity index (χ4v) is 2.01. The molecule has 20 heavy (non-hydrogen) atoms. The van der Waals surface area contributed by atoms with Crippen LogP contribution in [-0.4, -0.2) is 6.04 Å². The van der Waals surface area contributed by atoms with Gasteiger partial charge in [-0.25, -0.2) is 8.78 Å². The molecule has 0 spiro atoms. The Morgan fingerprint density at radius 3 is 2.60 bits per heavy atom. The standard InChI is InChI=1S/C16H17F2NO/c1-11(19)8-13-5-3-7-15(18)16(13)20-10-12-4-2-6-14(17)9-12/h2-7,9,11H,8,10,19H2,1H3. The third-order valence-corrected chi connectivity index (χ3v) is 2.86. The van der Waals surface area contributed by atoms with E-state index in [1.807, 2.05) is 6.92 Å². The van der Waals surface area contributed by atoms with Gasteiger partial charge >= 0.3 is 0 Å². The van der Waals surface area contributed by atoms with E-state index in [9.17, 15) is 8.78 Å². The van der Waals surface area contributed by atoms with Crippen molar-refractivity contribution in [2.24, 2.45) is 5.73 Å². The van der Waals surface area contributed by atoms with Crippen molar-refractivity contribution in [1.29, 1.82) is 0 Å². The molecule has 0 heterocycles. The van der Waals surface area contributed by atoms with E-state index in [1.165, 1.54) is 18.2 Å². The number of benzene rings is 2. The topological polar surface area (TPSA) is 35.2 Å². The first-order chi connectivity index (χ1) is 9.56. The van der Waals surface area contributed by atoms with E-state index in [2.05, 4.69) is 0 Å². The second-order valence-corrected chi connectivity index (χ2v) is 4.83. The molecule has 0 radical (unpaired) electrons. The second-order valence-electron chi connectivity index (χ2n) is 4.83. The Balaban J connectivity index is 2.16. The van der Waals surface area contributed by atoms with E-state index in [-0.39, 0.29) is 24.2 Å². The van der Waals surface area contributed by atoms with Crippen LogP contribution in [0.4, 0.5) is 8.78 Å². The van der Waals surface area contributed by atoms with Crippen LogP contribution >= 0.6 is 0 Å². The Labute approximate surface area is 117 Å². The molecule has 1 unspecified atom stereocenters. The Morgan fingerprint density at radius 2 is 1.90 bits per heavy atom. The number of hydrogen-bond donors (Lipinski definition) is 1. The molecule has 2 nitrogen and oxygen atoms in total. The van der Waals surface area contributed by atoms with Gasteiger partial charge in [-0.05, 0) is 42.7 Å². The van der Waals surface area contributed by atoms with Gasteiger partial charge in [-0.1, -0.05) is 24.3 Å². The molecule has 0 amide bonds. The number of nitrogens with two attached hydrogens (primary N) is 1. The van der Waals surface area contributed by atoms with Crippen molar-refractivity contribution in [3.63, 3.8) is 0 Å². The molecule has 2 aromatic rings. The van der Waals surface area contributed by atoms with Crippen LogP contribution in [-0.2, 0) is 13.0 Å². The fraction of sp³-hybridized carbons (Fsp3) is 0.250. The molecule has 2 N–H and O–H groups in total. The summed E-state index contributed by atoms with van der Waals surface area (Å²) in [6.07, 6.45) is 0.524. The number of hydrogen-bond acceptors (Lipinski definition) is 2. The monoisotopic (exact) mass is 277 g/mol. The summed E-state index contributed by atoms with van der Waals surface area (Å²) in [6, 6.07) is 10.7. The molecule has 0 bridgehead atoms.